The van der Waals surface area contributed by atoms with Crippen LogP contribution in [0.1, 0.15) is 112 Å². The Kier molecular flexibility index (Phi) is 24.3. The van der Waals surface area contributed by atoms with E-state index < -0.39 is 114 Å². The van der Waals surface area contributed by atoms with E-state index in [1.54, 1.807) is 13.8 Å². The molecule has 1 aromatic rings. The zero-order valence-electron chi connectivity index (χ0n) is 39.4. The van der Waals surface area contributed by atoms with Crippen molar-refractivity contribution in [2.75, 3.05) is 19.6 Å². The lowest BCUT2D eigenvalue weighted by atomic mass is 9.99. The second kappa shape index (κ2) is 28.4. The Bertz CT molecular complexity index is 1780. The third kappa shape index (κ3) is 18.7. The van der Waals surface area contributed by atoms with Crippen molar-refractivity contribution >= 4 is 53.2 Å². The van der Waals surface area contributed by atoms with E-state index in [1.807, 2.05) is 13.8 Å². The van der Waals surface area contributed by atoms with Crippen molar-refractivity contribution in [1.29, 1.82) is 0 Å². The Hall–Kier alpha value is -5.68. The van der Waals surface area contributed by atoms with Crippen molar-refractivity contribution in [3.8, 4) is 0 Å². The average Bonchev–Trinajstić information content (AvgIpc) is 3.96. The third-order valence-corrected chi connectivity index (χ3v) is 11.1. The molecule has 15 N–H and O–H groups in total. The average molecular weight is 934 g/mol. The second-order valence-corrected chi connectivity index (χ2v) is 17.7. The van der Waals surface area contributed by atoms with Crippen LogP contribution in [-0.4, -0.2) is 147 Å². The van der Waals surface area contributed by atoms with Gasteiger partial charge in [0.2, 0.25) is 47.3 Å². The Balaban J connectivity index is 2.35. The van der Waals surface area contributed by atoms with E-state index in [0.29, 0.717) is 63.9 Å². The first-order valence-electron chi connectivity index (χ1n) is 22.9. The van der Waals surface area contributed by atoms with Crippen LogP contribution < -0.4 is 54.4 Å². The number of hydrogen-bond acceptors (Lipinski definition) is 13. The molecule has 2 heterocycles. The number of aromatic nitrogens is 2. The van der Waals surface area contributed by atoms with E-state index in [0.717, 1.165) is 0 Å². The number of unbranched alkanes of at least 4 members (excludes halogenated alkanes) is 2. The maximum Gasteiger partial charge on any atom is 0.325 e. The summed E-state index contributed by atoms with van der Waals surface area (Å²) in [7, 11) is 0. The predicted octanol–water partition coefficient (Wildman–Crippen LogP) is -2.23. The lowest BCUT2D eigenvalue weighted by Crippen LogP contribution is -2.61. The molecule has 1 fully saturated rings. The van der Waals surface area contributed by atoms with Gasteiger partial charge >= 0.3 is 5.97 Å². The number of aliphatic carboxylic acids is 1. The van der Waals surface area contributed by atoms with Gasteiger partial charge in [0.25, 0.3) is 0 Å². The molecule has 8 amide bonds. The van der Waals surface area contributed by atoms with Crippen molar-refractivity contribution in [3.05, 3.63) is 18.2 Å². The first-order chi connectivity index (χ1) is 31.1. The van der Waals surface area contributed by atoms with Crippen LogP contribution in [0.2, 0.25) is 0 Å². The van der Waals surface area contributed by atoms with Crippen LogP contribution in [0.25, 0.3) is 0 Å². The number of hydrogen-bond donors (Lipinski definition) is 12. The molecule has 0 aromatic carbocycles. The van der Waals surface area contributed by atoms with E-state index in [-0.39, 0.29) is 31.6 Å². The molecule has 0 saturated carbocycles. The van der Waals surface area contributed by atoms with Crippen LogP contribution in [0.4, 0.5) is 0 Å². The van der Waals surface area contributed by atoms with Gasteiger partial charge in [0.05, 0.1) is 12.4 Å². The maximum atomic E-state index is 14.2. The largest absolute Gasteiger partial charge is 0.480 e. The lowest BCUT2D eigenvalue weighted by molar-refractivity contribution is -0.141. The van der Waals surface area contributed by atoms with Crippen LogP contribution in [0.5, 0.6) is 0 Å². The zero-order chi connectivity index (χ0) is 49.7. The second-order valence-electron chi connectivity index (χ2n) is 17.7. The Morgan fingerprint density at radius 2 is 1.23 bits per heavy atom. The molecule has 66 heavy (non-hydrogen) atoms. The molecule has 9 atom stereocenters. The monoisotopic (exact) mass is 934 g/mol. The predicted molar refractivity (Wildman–Crippen MR) is 243 cm³/mol. The number of likely N-dealkylation sites (tertiary alicyclic amines) is 1. The smallest absolute Gasteiger partial charge is 0.325 e. The number of rotatable bonds is 29. The van der Waals surface area contributed by atoms with Gasteiger partial charge < -0.3 is 69.4 Å². The summed E-state index contributed by atoms with van der Waals surface area (Å²) in [5.41, 5.74) is 17.9. The van der Waals surface area contributed by atoms with E-state index in [4.69, 9.17) is 22.3 Å². The maximum absolute atomic E-state index is 14.2. The van der Waals surface area contributed by atoms with Gasteiger partial charge in [-0.3, -0.25) is 43.2 Å². The van der Waals surface area contributed by atoms with Gasteiger partial charge in [-0.25, -0.2) is 4.98 Å². The molecule has 0 radical (unpaired) electrons. The SMILES string of the molecule is CC(C)C[C@H](NC(=O)[C@H](CCCCN)NC(=O)[C@H](CCCCN)NC(=O)[C@H](Cc1cnc[nH]1)NC(=O)[C@@H]1CCCN1C(=O)[C@H](C)N)C(=O)N[C@H](C(=O)N[C@@H](C)C(=O)N[C@@H](C)C(=O)O)C(C)C. The highest BCUT2D eigenvalue weighted by molar-refractivity contribution is 5.98. The van der Waals surface area contributed by atoms with Crippen LogP contribution >= 0.6 is 0 Å². The molecule has 372 valence electrons. The fourth-order valence-corrected chi connectivity index (χ4v) is 7.26. The number of nitrogens with zero attached hydrogens (tertiary/aromatic N) is 2. The summed E-state index contributed by atoms with van der Waals surface area (Å²) in [6.07, 6.45) is 6.01. The highest BCUT2D eigenvalue weighted by Crippen LogP contribution is 2.19. The molecule has 1 aromatic heterocycles. The van der Waals surface area contributed by atoms with E-state index in [1.165, 1.54) is 38.2 Å². The number of nitrogens with one attached hydrogen (secondary N) is 8. The summed E-state index contributed by atoms with van der Waals surface area (Å²) in [6, 6.07) is -10.00. The molecule has 1 aliphatic heterocycles. The molecular formula is C43H75N13O10. The first-order valence-corrected chi connectivity index (χ1v) is 22.9. The van der Waals surface area contributed by atoms with Gasteiger partial charge in [-0.15, -0.1) is 0 Å². The highest BCUT2D eigenvalue weighted by atomic mass is 16.4. The molecular weight excluding hydrogens is 859 g/mol. The van der Waals surface area contributed by atoms with Gasteiger partial charge in [0.1, 0.15) is 48.3 Å². The van der Waals surface area contributed by atoms with Crippen molar-refractivity contribution in [2.45, 2.75) is 167 Å². The number of carboxylic acid groups (broad SMARTS) is 1. The van der Waals surface area contributed by atoms with Crippen molar-refractivity contribution in [2.24, 2.45) is 29.0 Å². The summed E-state index contributed by atoms with van der Waals surface area (Å²) in [4.78, 5) is 128. The number of imidazole rings is 1. The quantitative estimate of drug-likeness (QED) is 0.0379. The summed E-state index contributed by atoms with van der Waals surface area (Å²) >= 11 is 0. The summed E-state index contributed by atoms with van der Waals surface area (Å²) in [5, 5.41) is 27.7. The minimum atomic E-state index is -1.26. The van der Waals surface area contributed by atoms with E-state index in [2.05, 4.69) is 47.2 Å². The summed E-state index contributed by atoms with van der Waals surface area (Å²) < 4.78 is 0. The zero-order valence-corrected chi connectivity index (χ0v) is 39.4. The summed E-state index contributed by atoms with van der Waals surface area (Å²) in [5.74, 6) is -7.11. The number of H-pyrrole nitrogens is 1. The van der Waals surface area contributed by atoms with E-state index in [9.17, 15) is 43.2 Å². The normalized spacial score (nSPS) is 17.3. The van der Waals surface area contributed by atoms with Crippen LogP contribution in [-0.2, 0) is 49.6 Å². The molecule has 23 nitrogen and oxygen atoms in total. The van der Waals surface area contributed by atoms with Crippen molar-refractivity contribution < 1.29 is 48.3 Å². The topological polar surface area (TPSA) is 368 Å². The number of aromatic amines is 1. The number of nitrogens with two attached hydrogens (primary N) is 3. The van der Waals surface area contributed by atoms with Crippen molar-refractivity contribution in [3.63, 3.8) is 0 Å². The van der Waals surface area contributed by atoms with Crippen LogP contribution in [0.15, 0.2) is 12.5 Å². The fourth-order valence-electron chi connectivity index (χ4n) is 7.26. The number of amides is 8. The number of carbonyl (C=O) groups is 9. The molecule has 0 spiro atoms. The van der Waals surface area contributed by atoms with Gasteiger partial charge in [0, 0.05) is 24.9 Å². The molecule has 1 saturated heterocycles. The standard InChI is InChI=1S/C43H75N13O10/c1-23(2)19-31(39(61)55-34(24(3)4)41(63)49-26(6)35(57)50-27(7)43(65)66)53-37(59)30(14-9-11-17-45)51-36(58)29(13-8-10-16-44)52-38(60)32(20-28-21-47-22-48-28)54-40(62)33-15-12-18-56(33)42(64)25(5)46/h21-27,29-34H,8-20,44-46H2,1-7H3,(H,47,48)(H,49,63)(H,50,57)(H,51,58)(H,52,60)(H,53,59)(H,54,62)(H,55,61)(H,65,66)/t25-,26-,27-,29-,30-,31-,32-,33-,34-/m0/s1. The van der Waals surface area contributed by atoms with Gasteiger partial charge in [-0.2, -0.15) is 0 Å². The van der Waals surface area contributed by atoms with Crippen LogP contribution in [0, 0.1) is 11.8 Å². The Morgan fingerprint density at radius 3 is 1.71 bits per heavy atom. The Labute approximate surface area is 386 Å². The number of carbonyl (C=O) groups excluding carboxylic acids is 8. The van der Waals surface area contributed by atoms with Gasteiger partial charge in [-0.05, 0) is 103 Å². The van der Waals surface area contributed by atoms with Gasteiger partial charge in [-0.1, -0.05) is 27.7 Å². The molecule has 0 unspecified atom stereocenters. The Morgan fingerprint density at radius 1 is 0.697 bits per heavy atom. The third-order valence-electron chi connectivity index (χ3n) is 11.1. The van der Waals surface area contributed by atoms with E-state index >= 15 is 0 Å². The van der Waals surface area contributed by atoms with Crippen LogP contribution in [0.3, 0.4) is 0 Å². The van der Waals surface area contributed by atoms with Crippen molar-refractivity contribution in [1.82, 2.24) is 52.1 Å². The molecule has 1 aliphatic rings. The van der Waals surface area contributed by atoms with Gasteiger partial charge in [0.15, 0.2) is 0 Å². The lowest BCUT2D eigenvalue weighted by Gasteiger charge is -2.29. The molecule has 0 bridgehead atoms. The molecule has 0 aliphatic carbocycles. The summed E-state index contributed by atoms with van der Waals surface area (Å²) in [6.45, 7) is 12.1. The number of carboxylic acids is 1. The minimum absolute atomic E-state index is 0.0359. The molecule has 23 heteroatoms. The first kappa shape index (κ1) is 56.4. The molecule has 2 rings (SSSR count). The highest BCUT2D eigenvalue weighted by Gasteiger charge is 2.38. The minimum Gasteiger partial charge on any atom is -0.480 e. The fraction of sp³-hybridized carbons (Fsp3) is 0.721.